The summed E-state index contributed by atoms with van der Waals surface area (Å²) in [5.41, 5.74) is 1.41. The standard InChI is InChI=1S/C8H10.C7H7FO.C7H8OS.C7H8O.C7H8S.C6H7NO.C4H10O.C4H10.C2H3F3.C2H4F2O.CH3Br.CH3Cl.CH3F.CH2O/c1-2-8-6-4-3-5-7-8;1-9-7-5-3-2-4-6(7)8;1-9(8)7-5-3-2-4-6-7;2*1-8-7-5-3-2-4-6-7;1-8-6-4-2-3-5-7-6;1-4(2)5-3;1-4(2)3;1-2(3,4)5;1-5-2(3)4;4*1-2/h3-7H,2H2,1H3;2-5H,1H3;2-6H,1H3;2*2-6H,1H3;2-5H,1H3;4H,1-3H3;4H,1-3H3;1H3;2H,1H3;3*1H3;1H2. The first kappa shape index (κ1) is 88.6. The molecular formula is C58H86BrClF7NO7S2. The Morgan fingerprint density at radius 1 is 0.636 bits per heavy atom. The van der Waals surface area contributed by atoms with E-state index in [2.05, 4.69) is 112 Å². The number of alkyl halides is 8. The molecule has 1 heterocycles. The Bertz CT molecular complexity index is 1820. The molecule has 440 valence electrons. The molecule has 0 saturated carbocycles. The Morgan fingerprint density at radius 3 is 1.19 bits per heavy atom. The zero-order chi connectivity index (χ0) is 61.3. The molecule has 0 bridgehead atoms. The van der Waals surface area contributed by atoms with Gasteiger partial charge in [-0.25, -0.2) is 9.37 Å². The molecule has 0 aliphatic carbocycles. The minimum absolute atomic E-state index is 0.188. The van der Waals surface area contributed by atoms with Gasteiger partial charge in [-0.1, -0.05) is 147 Å². The zero-order valence-electron chi connectivity index (χ0n) is 47.8. The van der Waals surface area contributed by atoms with Gasteiger partial charge in [-0.3, -0.25) is 8.60 Å². The summed E-state index contributed by atoms with van der Waals surface area (Å²) < 4.78 is 107. The van der Waals surface area contributed by atoms with E-state index in [0.717, 1.165) is 30.1 Å². The van der Waals surface area contributed by atoms with Crippen LogP contribution in [0.15, 0.2) is 180 Å². The lowest BCUT2D eigenvalue weighted by molar-refractivity contribution is -0.110. The van der Waals surface area contributed by atoms with Crippen LogP contribution in [0, 0.1) is 11.7 Å². The lowest BCUT2D eigenvalue weighted by atomic mass is 10.2. The monoisotopic (exact) mass is 1220 g/mol. The van der Waals surface area contributed by atoms with Gasteiger partial charge in [-0.15, -0.1) is 23.4 Å². The van der Waals surface area contributed by atoms with Gasteiger partial charge in [0.15, 0.2) is 11.6 Å². The molecule has 77 heavy (non-hydrogen) atoms. The Hall–Kier alpha value is -4.98. The first-order valence-electron chi connectivity index (χ1n) is 22.8. The lowest BCUT2D eigenvalue weighted by Crippen LogP contribution is -1.95. The second-order valence-electron chi connectivity index (χ2n) is 13.9. The van der Waals surface area contributed by atoms with Crippen molar-refractivity contribution in [3.8, 4) is 17.4 Å². The van der Waals surface area contributed by atoms with Crippen molar-refractivity contribution >= 4 is 56.9 Å². The average molecular weight is 1220 g/mol. The highest BCUT2D eigenvalue weighted by atomic mass is 79.9. The number of aryl methyl sites for hydroxylation is 1. The number of thioether (sulfide) groups is 1. The number of pyridine rings is 1. The smallest absolute Gasteiger partial charge is 0.386 e. The van der Waals surface area contributed by atoms with Crippen LogP contribution >= 0.6 is 39.3 Å². The van der Waals surface area contributed by atoms with Gasteiger partial charge in [-0.2, -0.15) is 22.0 Å². The Morgan fingerprint density at radius 2 is 0.987 bits per heavy atom. The molecule has 0 N–H and O–H groups in total. The fourth-order valence-electron chi connectivity index (χ4n) is 3.52. The number of benzene rings is 5. The van der Waals surface area contributed by atoms with Crippen LogP contribution in [0.25, 0.3) is 0 Å². The van der Waals surface area contributed by atoms with Crippen molar-refractivity contribution in [1.82, 2.24) is 4.98 Å². The van der Waals surface area contributed by atoms with Crippen LogP contribution in [0.3, 0.4) is 0 Å². The van der Waals surface area contributed by atoms with Crippen LogP contribution in [0.1, 0.15) is 54.0 Å². The number of carbonyl (C=O) groups excluding carboxylic acids is 1. The summed E-state index contributed by atoms with van der Waals surface area (Å²) >= 11 is 9.35. The molecule has 1 atom stereocenters. The molecule has 0 saturated heterocycles. The third-order valence-corrected chi connectivity index (χ3v) is 8.52. The molecule has 0 aliphatic rings. The summed E-state index contributed by atoms with van der Waals surface area (Å²) in [6.45, 7) is 12.2. The minimum Gasteiger partial charge on any atom is -0.497 e. The number of hydrogen-bond donors (Lipinski definition) is 0. The minimum atomic E-state index is -4.00. The number of para-hydroxylation sites is 2. The molecule has 0 aliphatic heterocycles. The van der Waals surface area contributed by atoms with E-state index in [0.29, 0.717) is 19.2 Å². The van der Waals surface area contributed by atoms with Crippen molar-refractivity contribution < 1.29 is 63.4 Å². The molecule has 0 fully saturated rings. The van der Waals surface area contributed by atoms with Gasteiger partial charge >= 0.3 is 12.8 Å². The van der Waals surface area contributed by atoms with Crippen LogP contribution < -0.4 is 14.2 Å². The fourth-order valence-corrected chi connectivity index (χ4v) is 4.49. The maximum atomic E-state index is 12.5. The Labute approximate surface area is 478 Å². The summed E-state index contributed by atoms with van der Waals surface area (Å²) in [4.78, 5) is 14.1. The van der Waals surface area contributed by atoms with Crippen LogP contribution in [-0.4, -0.2) is 102 Å². The molecule has 19 heteroatoms. The molecule has 6 aromatic rings. The first-order valence-corrected chi connectivity index (χ1v) is 27.9. The average Bonchev–Trinajstić information content (AvgIpc) is 3.47. The zero-order valence-corrected chi connectivity index (χ0v) is 51.8. The van der Waals surface area contributed by atoms with E-state index in [1.54, 1.807) is 69.8 Å². The van der Waals surface area contributed by atoms with Gasteiger partial charge in [0.1, 0.15) is 12.5 Å². The number of rotatable bonds is 8. The second kappa shape index (κ2) is 71.0. The predicted molar refractivity (Wildman–Crippen MR) is 318 cm³/mol. The normalized spacial score (nSPS) is 9.05. The maximum Gasteiger partial charge on any atom is 0.386 e. The number of aromatic nitrogens is 1. The quantitative estimate of drug-likeness (QED) is 0.0839. The highest BCUT2D eigenvalue weighted by molar-refractivity contribution is 9.08. The van der Waals surface area contributed by atoms with E-state index >= 15 is 0 Å². The number of carbonyl (C=O) groups is 1. The number of halogens is 9. The topological polar surface area (TPSA) is 93.2 Å². The van der Waals surface area contributed by atoms with Crippen molar-refractivity contribution in [3.63, 3.8) is 0 Å². The van der Waals surface area contributed by atoms with Gasteiger partial charge in [0.2, 0.25) is 5.88 Å². The summed E-state index contributed by atoms with van der Waals surface area (Å²) in [5.74, 6) is 4.19. The SMILES string of the molecule is C=O.CBr.CC(C)C.CC(F)(F)F.CCc1ccccc1.CCl.CF.COC(C)C.COC(F)F.COc1ccccc1.COc1ccccc1F.COc1ccccn1.CS(=O)c1ccccc1.CSc1ccccc1. The van der Waals surface area contributed by atoms with Gasteiger partial charge < -0.3 is 28.5 Å². The number of ether oxygens (including phenoxy) is 5. The molecule has 0 amide bonds. The summed E-state index contributed by atoms with van der Waals surface area (Å²) in [5, 5.41) is 0. The van der Waals surface area contributed by atoms with Crippen LogP contribution in [0.4, 0.5) is 30.7 Å². The van der Waals surface area contributed by atoms with Crippen LogP contribution in [0.2, 0.25) is 0 Å². The molecule has 0 radical (unpaired) electrons. The van der Waals surface area contributed by atoms with Gasteiger partial charge in [-0.05, 0) is 98.4 Å². The van der Waals surface area contributed by atoms with Crippen LogP contribution in [-0.2, 0) is 31.5 Å². The Kier molecular flexibility index (Phi) is 81.7. The van der Waals surface area contributed by atoms with Gasteiger partial charge in [0.25, 0.3) is 0 Å². The van der Waals surface area contributed by atoms with E-state index in [4.69, 9.17) is 19.0 Å². The van der Waals surface area contributed by atoms with Crippen LogP contribution in [0.5, 0.6) is 17.4 Å². The van der Waals surface area contributed by atoms with E-state index in [1.807, 2.05) is 124 Å². The van der Waals surface area contributed by atoms with E-state index in [1.165, 1.54) is 30.0 Å². The van der Waals surface area contributed by atoms with Gasteiger partial charge in [0.05, 0.1) is 34.6 Å². The third kappa shape index (κ3) is 82.5. The first-order chi connectivity index (χ1) is 36.6. The molecule has 5 aromatic carbocycles. The summed E-state index contributed by atoms with van der Waals surface area (Å²) in [6.07, 6.45) is 4.44. The summed E-state index contributed by atoms with van der Waals surface area (Å²) in [7, 11) is 7.02. The second-order valence-corrected chi connectivity index (χ2v) is 16.2. The highest BCUT2D eigenvalue weighted by Crippen LogP contribution is 2.14. The van der Waals surface area contributed by atoms with E-state index in [-0.39, 0.29) is 18.5 Å². The molecule has 8 nitrogen and oxygen atoms in total. The number of hydrogen-bond acceptors (Lipinski definition) is 9. The van der Waals surface area contributed by atoms with Crippen molar-refractivity contribution in [2.24, 2.45) is 5.92 Å². The highest BCUT2D eigenvalue weighted by Gasteiger charge is 2.15. The molecular weight excluding hydrogens is 1140 g/mol. The summed E-state index contributed by atoms with van der Waals surface area (Å²) in [6, 6.07) is 51.7. The molecule has 1 unspecified atom stereocenters. The maximum absolute atomic E-state index is 12.5. The van der Waals surface area contributed by atoms with E-state index < -0.39 is 23.6 Å². The molecule has 6 rings (SSSR count). The van der Waals surface area contributed by atoms with Crippen molar-refractivity contribution in [3.05, 3.63) is 181 Å². The van der Waals surface area contributed by atoms with E-state index in [9.17, 15) is 34.9 Å². The molecule has 0 spiro atoms. The predicted octanol–water partition coefficient (Wildman–Crippen LogP) is 18.1. The van der Waals surface area contributed by atoms with Crippen molar-refractivity contribution in [2.45, 2.75) is 83.6 Å². The van der Waals surface area contributed by atoms with Crippen molar-refractivity contribution in [2.75, 3.05) is 67.5 Å². The third-order valence-electron chi connectivity index (χ3n) is 6.84. The Balaban J connectivity index is -0.000000114. The number of nitrogens with zero attached hydrogens (tertiary/aromatic N) is 1. The molecule has 1 aromatic heterocycles. The number of methoxy groups -OCH3 is 5. The van der Waals surface area contributed by atoms with Crippen molar-refractivity contribution in [1.29, 1.82) is 0 Å². The lowest BCUT2D eigenvalue weighted by Gasteiger charge is -1.97. The largest absolute Gasteiger partial charge is 0.497 e. The fraction of sp³-hybridized carbons (Fsp3) is 0.379. The van der Waals surface area contributed by atoms with Gasteiger partial charge in [0, 0.05) is 66.6 Å².